The standard InChI is InChI=1S/C18H24ClN7O2/c1-22-11-16-17(23(2)12-22)21-18(24-7-5-20-6-8-24)25(16)10-13-9-14(19)3-4-15(13)26(27)28/h3-4,9,11,18,20H,5-8,10,12H2,1-2H3. The largest absolute Gasteiger partial charge is 0.361 e. The van der Waals surface area contributed by atoms with Gasteiger partial charge in [0.05, 0.1) is 29.4 Å². The van der Waals surface area contributed by atoms with Crippen LogP contribution < -0.4 is 5.32 Å². The summed E-state index contributed by atoms with van der Waals surface area (Å²) in [6.45, 7) is 4.68. The number of fused-ring (bicyclic) bond motifs is 1. The van der Waals surface area contributed by atoms with Crippen molar-refractivity contribution in [1.29, 1.82) is 0 Å². The highest BCUT2D eigenvalue weighted by atomic mass is 35.5. The second-order valence-electron chi connectivity index (χ2n) is 7.35. The van der Waals surface area contributed by atoms with Gasteiger partial charge >= 0.3 is 0 Å². The number of halogens is 1. The Hall–Kier alpha value is -2.36. The first-order chi connectivity index (χ1) is 13.4. The number of nitrogens with zero attached hydrogens (tertiary/aromatic N) is 6. The van der Waals surface area contributed by atoms with Gasteiger partial charge in [0.1, 0.15) is 0 Å². The van der Waals surface area contributed by atoms with Crippen molar-refractivity contribution in [3.05, 3.63) is 50.8 Å². The lowest BCUT2D eigenvalue weighted by atomic mass is 10.1. The molecular weight excluding hydrogens is 382 g/mol. The zero-order valence-corrected chi connectivity index (χ0v) is 16.8. The molecule has 0 aliphatic carbocycles. The Labute approximate surface area is 169 Å². The monoisotopic (exact) mass is 405 g/mol. The highest BCUT2D eigenvalue weighted by molar-refractivity contribution is 6.30. The van der Waals surface area contributed by atoms with E-state index in [9.17, 15) is 10.1 Å². The van der Waals surface area contributed by atoms with E-state index in [4.69, 9.17) is 16.6 Å². The molecule has 1 N–H and O–H groups in total. The average molecular weight is 406 g/mol. The van der Waals surface area contributed by atoms with Crippen LogP contribution >= 0.6 is 11.6 Å². The topological polar surface area (TPSA) is 80.5 Å². The number of likely N-dealkylation sites (N-methyl/N-ethyl adjacent to an activating group) is 1. The van der Waals surface area contributed by atoms with E-state index < -0.39 is 0 Å². The van der Waals surface area contributed by atoms with Crippen molar-refractivity contribution in [2.45, 2.75) is 12.8 Å². The third-order valence-corrected chi connectivity index (χ3v) is 5.49. The molecule has 0 radical (unpaired) electrons. The number of nitrogens with one attached hydrogen (secondary N) is 1. The summed E-state index contributed by atoms with van der Waals surface area (Å²) in [4.78, 5) is 24.8. The maximum atomic E-state index is 11.5. The van der Waals surface area contributed by atoms with Crippen LogP contribution in [-0.2, 0) is 6.54 Å². The minimum absolute atomic E-state index is 0.0787. The van der Waals surface area contributed by atoms with Crippen molar-refractivity contribution in [2.75, 3.05) is 46.9 Å². The van der Waals surface area contributed by atoms with Gasteiger partial charge in [-0.15, -0.1) is 0 Å². The average Bonchev–Trinajstić information content (AvgIpc) is 3.01. The van der Waals surface area contributed by atoms with Gasteiger partial charge < -0.3 is 20.0 Å². The lowest BCUT2D eigenvalue weighted by Gasteiger charge is -2.38. The molecule has 0 bridgehead atoms. The molecule has 4 rings (SSSR count). The van der Waals surface area contributed by atoms with Crippen molar-refractivity contribution in [3.63, 3.8) is 0 Å². The summed E-state index contributed by atoms with van der Waals surface area (Å²) in [7, 11) is 4.03. The molecule has 1 unspecified atom stereocenters. The van der Waals surface area contributed by atoms with Crippen LogP contribution in [0.25, 0.3) is 0 Å². The third-order valence-electron chi connectivity index (χ3n) is 5.25. The second kappa shape index (κ2) is 7.57. The van der Waals surface area contributed by atoms with Crippen LogP contribution in [0, 0.1) is 10.1 Å². The molecular formula is C18H24ClN7O2. The lowest BCUT2D eigenvalue weighted by molar-refractivity contribution is -0.385. The molecule has 28 heavy (non-hydrogen) atoms. The predicted octanol–water partition coefficient (Wildman–Crippen LogP) is 1.33. The van der Waals surface area contributed by atoms with Gasteiger partial charge in [-0.25, -0.2) is 4.99 Å². The number of amidine groups is 1. The Kier molecular flexibility index (Phi) is 5.13. The highest BCUT2D eigenvalue weighted by Gasteiger charge is 2.39. The molecule has 0 spiro atoms. The molecule has 1 saturated heterocycles. The fourth-order valence-electron chi connectivity index (χ4n) is 3.98. The lowest BCUT2D eigenvalue weighted by Crippen LogP contribution is -2.52. The number of hydrogen-bond donors (Lipinski definition) is 1. The molecule has 9 nitrogen and oxygen atoms in total. The maximum Gasteiger partial charge on any atom is 0.274 e. The number of aliphatic imine (C=N–C) groups is 1. The molecule has 1 aromatic carbocycles. The van der Waals surface area contributed by atoms with Crippen LogP contribution in [-0.4, -0.2) is 83.6 Å². The molecule has 1 fully saturated rings. The first kappa shape index (κ1) is 19.0. The number of benzene rings is 1. The predicted molar refractivity (Wildman–Crippen MR) is 108 cm³/mol. The van der Waals surface area contributed by atoms with Crippen LogP contribution in [0.5, 0.6) is 0 Å². The minimum Gasteiger partial charge on any atom is -0.361 e. The van der Waals surface area contributed by atoms with E-state index >= 15 is 0 Å². The van der Waals surface area contributed by atoms with Gasteiger partial charge in [-0.3, -0.25) is 15.0 Å². The summed E-state index contributed by atoms with van der Waals surface area (Å²) in [5.41, 5.74) is 1.65. The first-order valence-corrected chi connectivity index (χ1v) is 9.67. The summed E-state index contributed by atoms with van der Waals surface area (Å²) in [5, 5.41) is 15.4. The quantitative estimate of drug-likeness (QED) is 0.597. The molecule has 0 aromatic heterocycles. The molecule has 3 aliphatic heterocycles. The Morgan fingerprint density at radius 2 is 2.07 bits per heavy atom. The Morgan fingerprint density at radius 3 is 2.79 bits per heavy atom. The molecule has 0 saturated carbocycles. The van der Waals surface area contributed by atoms with Crippen LogP contribution in [0.1, 0.15) is 5.56 Å². The molecule has 1 atom stereocenters. The van der Waals surface area contributed by atoms with Gasteiger partial charge in [-0.1, -0.05) is 11.6 Å². The fourth-order valence-corrected chi connectivity index (χ4v) is 4.17. The van der Waals surface area contributed by atoms with Gasteiger partial charge in [-0.2, -0.15) is 0 Å². The summed E-state index contributed by atoms with van der Waals surface area (Å²) < 4.78 is 0. The van der Waals surface area contributed by atoms with Crippen molar-refractivity contribution in [1.82, 2.24) is 24.9 Å². The number of nitro benzene ring substituents is 1. The SMILES string of the molecule is CN1C=C2C(=NC(N3CCNCC3)N2Cc2cc(Cl)ccc2[N+](=O)[O-])N(C)C1. The van der Waals surface area contributed by atoms with Crippen LogP contribution in [0.15, 0.2) is 35.1 Å². The third kappa shape index (κ3) is 3.52. The Balaban J connectivity index is 1.72. The molecule has 0 amide bonds. The van der Waals surface area contributed by atoms with E-state index in [1.54, 1.807) is 12.1 Å². The van der Waals surface area contributed by atoms with Crippen LogP contribution in [0.3, 0.4) is 0 Å². The van der Waals surface area contributed by atoms with Crippen molar-refractivity contribution >= 4 is 23.1 Å². The van der Waals surface area contributed by atoms with E-state index in [1.807, 2.05) is 14.1 Å². The second-order valence-corrected chi connectivity index (χ2v) is 7.79. The number of rotatable bonds is 4. The van der Waals surface area contributed by atoms with Gasteiger partial charge in [0.15, 0.2) is 12.1 Å². The van der Waals surface area contributed by atoms with Gasteiger partial charge in [-0.05, 0) is 12.1 Å². The molecule has 1 aromatic rings. The number of hydrogen-bond acceptors (Lipinski definition) is 8. The van der Waals surface area contributed by atoms with E-state index in [0.717, 1.165) is 44.4 Å². The van der Waals surface area contributed by atoms with Crippen LogP contribution in [0.4, 0.5) is 5.69 Å². The summed E-state index contributed by atoms with van der Waals surface area (Å²) in [5.74, 6) is 0.923. The first-order valence-electron chi connectivity index (χ1n) is 9.29. The van der Waals surface area contributed by atoms with E-state index in [-0.39, 0.29) is 16.9 Å². The Bertz CT molecular complexity index is 837. The van der Waals surface area contributed by atoms with E-state index in [1.165, 1.54) is 6.07 Å². The summed E-state index contributed by atoms with van der Waals surface area (Å²) >= 11 is 6.16. The number of nitro groups is 1. The minimum atomic E-state index is -0.350. The summed E-state index contributed by atoms with van der Waals surface area (Å²) in [6, 6.07) is 4.72. The van der Waals surface area contributed by atoms with Crippen molar-refractivity contribution in [2.24, 2.45) is 4.99 Å². The van der Waals surface area contributed by atoms with Gasteiger partial charge in [0.25, 0.3) is 5.69 Å². The normalized spacial score (nSPS) is 22.8. The van der Waals surface area contributed by atoms with Gasteiger partial charge in [0.2, 0.25) is 0 Å². The van der Waals surface area contributed by atoms with Crippen LogP contribution in [0.2, 0.25) is 5.02 Å². The molecule has 3 aliphatic rings. The highest BCUT2D eigenvalue weighted by Crippen LogP contribution is 2.32. The van der Waals surface area contributed by atoms with E-state index in [0.29, 0.717) is 17.1 Å². The van der Waals surface area contributed by atoms with Crippen molar-refractivity contribution in [3.8, 4) is 0 Å². The molecule has 10 heteroatoms. The molecule has 150 valence electrons. The molecule has 3 heterocycles. The maximum absolute atomic E-state index is 11.5. The van der Waals surface area contributed by atoms with E-state index in [2.05, 4.69) is 31.1 Å². The summed E-state index contributed by atoms with van der Waals surface area (Å²) in [6.07, 6.45) is 1.88. The number of piperazine rings is 1. The van der Waals surface area contributed by atoms with Gasteiger partial charge in [0, 0.05) is 57.6 Å². The fraction of sp³-hybridized carbons (Fsp3) is 0.500. The zero-order valence-electron chi connectivity index (χ0n) is 16.0. The van der Waals surface area contributed by atoms with Crippen molar-refractivity contribution < 1.29 is 4.92 Å². The zero-order chi connectivity index (χ0) is 19.8. The smallest absolute Gasteiger partial charge is 0.274 e. The Morgan fingerprint density at radius 1 is 1.32 bits per heavy atom.